The molecule has 1 amide bonds. The van der Waals surface area contributed by atoms with Crippen LogP contribution in [-0.2, 0) is 9.59 Å². The predicted molar refractivity (Wildman–Crippen MR) is 67.4 cm³/mol. The Balaban J connectivity index is 2.89. The average Bonchev–Trinajstić information content (AvgIpc) is 2.34. The molecule has 5 heteroatoms. The lowest BCUT2D eigenvalue weighted by atomic mass is 10.1. The summed E-state index contributed by atoms with van der Waals surface area (Å²) < 4.78 is 5.32. The van der Waals surface area contributed by atoms with E-state index in [1.54, 1.807) is 12.1 Å². The van der Waals surface area contributed by atoms with Gasteiger partial charge < -0.3 is 15.2 Å². The molecule has 0 bridgehead atoms. The quantitative estimate of drug-likeness (QED) is 0.769. The minimum absolute atomic E-state index is 0.104. The number of aliphatic carboxylic acids is 1. The van der Waals surface area contributed by atoms with E-state index < -0.39 is 5.97 Å². The largest absolute Gasteiger partial charge is 0.483 e. The Labute approximate surface area is 105 Å². The van der Waals surface area contributed by atoms with Gasteiger partial charge in [-0.3, -0.25) is 4.79 Å². The number of carboxylic acids is 1. The number of aryl methyl sites for hydroxylation is 1. The molecule has 1 aromatic rings. The number of rotatable bonds is 5. The Morgan fingerprint density at radius 1 is 1.44 bits per heavy atom. The molecule has 2 N–H and O–H groups in total. The first-order valence-corrected chi connectivity index (χ1v) is 5.38. The molecule has 1 aromatic carbocycles. The van der Waals surface area contributed by atoms with E-state index in [4.69, 9.17) is 9.84 Å². The molecule has 0 saturated carbocycles. The maximum Gasteiger partial charge on any atom is 0.328 e. The summed E-state index contributed by atoms with van der Waals surface area (Å²) >= 11 is 0. The lowest BCUT2D eigenvalue weighted by molar-refractivity contribution is -0.131. The van der Waals surface area contributed by atoms with Crippen molar-refractivity contribution in [1.29, 1.82) is 0 Å². The van der Waals surface area contributed by atoms with Crippen LogP contribution in [0.25, 0.3) is 6.08 Å². The SMILES string of the molecule is CNC(=O)COc1ccc(C)cc1C=CC(=O)O. The summed E-state index contributed by atoms with van der Waals surface area (Å²) in [6.45, 7) is 1.79. The van der Waals surface area contributed by atoms with Gasteiger partial charge >= 0.3 is 5.97 Å². The molecule has 18 heavy (non-hydrogen) atoms. The van der Waals surface area contributed by atoms with Crippen molar-refractivity contribution in [2.45, 2.75) is 6.92 Å². The zero-order valence-electron chi connectivity index (χ0n) is 10.3. The van der Waals surface area contributed by atoms with Crippen LogP contribution in [0.15, 0.2) is 24.3 Å². The number of nitrogens with one attached hydrogen (secondary N) is 1. The third kappa shape index (κ3) is 4.29. The molecule has 0 aliphatic heterocycles. The van der Waals surface area contributed by atoms with Crippen LogP contribution in [0.5, 0.6) is 5.75 Å². The summed E-state index contributed by atoms with van der Waals surface area (Å²) in [5, 5.41) is 11.0. The van der Waals surface area contributed by atoms with Crippen molar-refractivity contribution in [3.63, 3.8) is 0 Å². The first-order valence-electron chi connectivity index (χ1n) is 5.38. The monoisotopic (exact) mass is 249 g/mol. The second-order valence-electron chi connectivity index (χ2n) is 3.67. The summed E-state index contributed by atoms with van der Waals surface area (Å²) in [4.78, 5) is 21.6. The van der Waals surface area contributed by atoms with E-state index in [1.165, 1.54) is 13.1 Å². The van der Waals surface area contributed by atoms with Gasteiger partial charge in [-0.05, 0) is 25.1 Å². The summed E-state index contributed by atoms with van der Waals surface area (Å²) in [6, 6.07) is 5.33. The van der Waals surface area contributed by atoms with Gasteiger partial charge in [0.15, 0.2) is 6.61 Å². The molecular formula is C13H15NO4. The van der Waals surface area contributed by atoms with E-state index >= 15 is 0 Å². The Hall–Kier alpha value is -2.30. The van der Waals surface area contributed by atoms with Gasteiger partial charge in [0, 0.05) is 18.7 Å². The number of hydrogen-bond donors (Lipinski definition) is 2. The summed E-state index contributed by atoms with van der Waals surface area (Å²) in [5.74, 6) is -0.806. The minimum Gasteiger partial charge on any atom is -0.483 e. The van der Waals surface area contributed by atoms with Gasteiger partial charge in [-0.15, -0.1) is 0 Å². The first-order chi connectivity index (χ1) is 8.52. The fourth-order valence-corrected chi connectivity index (χ4v) is 1.31. The lowest BCUT2D eigenvalue weighted by Crippen LogP contribution is -2.25. The molecule has 0 spiro atoms. The van der Waals surface area contributed by atoms with Crippen LogP contribution in [0.2, 0.25) is 0 Å². The van der Waals surface area contributed by atoms with Gasteiger partial charge in [-0.1, -0.05) is 11.6 Å². The van der Waals surface area contributed by atoms with Gasteiger partial charge in [0.05, 0.1) is 0 Å². The normalized spacial score (nSPS) is 10.3. The van der Waals surface area contributed by atoms with Crippen molar-refractivity contribution < 1.29 is 19.4 Å². The summed E-state index contributed by atoms with van der Waals surface area (Å²) in [6.07, 6.45) is 2.47. The highest BCUT2D eigenvalue weighted by Gasteiger charge is 2.04. The van der Waals surface area contributed by atoms with Crippen molar-refractivity contribution in [3.8, 4) is 5.75 Å². The van der Waals surface area contributed by atoms with Crippen LogP contribution < -0.4 is 10.1 Å². The molecule has 0 saturated heterocycles. The number of carbonyl (C=O) groups is 2. The van der Waals surface area contributed by atoms with Gasteiger partial charge in [0.2, 0.25) is 0 Å². The van der Waals surface area contributed by atoms with Gasteiger partial charge in [0.1, 0.15) is 5.75 Å². The van der Waals surface area contributed by atoms with Crippen molar-refractivity contribution in [3.05, 3.63) is 35.4 Å². The molecule has 0 aliphatic rings. The first kappa shape index (κ1) is 13.8. The highest BCUT2D eigenvalue weighted by atomic mass is 16.5. The maximum absolute atomic E-state index is 11.1. The van der Waals surface area contributed by atoms with Gasteiger partial charge in [0.25, 0.3) is 5.91 Å². The molecular weight excluding hydrogens is 234 g/mol. The molecule has 0 aliphatic carbocycles. The average molecular weight is 249 g/mol. The smallest absolute Gasteiger partial charge is 0.328 e. The number of hydrogen-bond acceptors (Lipinski definition) is 3. The van der Waals surface area contributed by atoms with Crippen molar-refractivity contribution in [2.24, 2.45) is 0 Å². The molecule has 1 rings (SSSR count). The second-order valence-corrected chi connectivity index (χ2v) is 3.67. The number of ether oxygens (including phenoxy) is 1. The molecule has 96 valence electrons. The molecule has 0 heterocycles. The standard InChI is InChI=1S/C13H15NO4/c1-9-3-5-11(18-8-12(15)14-2)10(7-9)4-6-13(16)17/h3-7H,8H2,1-2H3,(H,14,15)(H,16,17). The van der Waals surface area contributed by atoms with Crippen molar-refractivity contribution >= 4 is 18.0 Å². The Morgan fingerprint density at radius 3 is 2.78 bits per heavy atom. The van der Waals surface area contributed by atoms with E-state index in [0.717, 1.165) is 11.6 Å². The Morgan fingerprint density at radius 2 is 2.17 bits per heavy atom. The predicted octanol–water partition coefficient (Wildman–Crippen LogP) is 1.22. The number of benzene rings is 1. The van der Waals surface area contributed by atoms with Gasteiger partial charge in [-0.25, -0.2) is 4.79 Å². The van der Waals surface area contributed by atoms with E-state index in [1.807, 2.05) is 13.0 Å². The van der Waals surface area contributed by atoms with E-state index in [2.05, 4.69) is 5.32 Å². The zero-order valence-corrected chi connectivity index (χ0v) is 10.3. The van der Waals surface area contributed by atoms with Gasteiger partial charge in [-0.2, -0.15) is 0 Å². The lowest BCUT2D eigenvalue weighted by Gasteiger charge is -2.09. The number of carbonyl (C=O) groups excluding carboxylic acids is 1. The fourth-order valence-electron chi connectivity index (χ4n) is 1.31. The Bertz CT molecular complexity index is 480. The van der Waals surface area contributed by atoms with Crippen LogP contribution in [0.3, 0.4) is 0 Å². The highest BCUT2D eigenvalue weighted by molar-refractivity contribution is 5.86. The highest BCUT2D eigenvalue weighted by Crippen LogP contribution is 2.21. The molecule has 5 nitrogen and oxygen atoms in total. The maximum atomic E-state index is 11.1. The Kier molecular flexibility index (Phi) is 4.92. The summed E-state index contributed by atoms with van der Waals surface area (Å²) in [5.41, 5.74) is 1.61. The molecule has 0 atom stereocenters. The zero-order chi connectivity index (χ0) is 13.5. The summed E-state index contributed by atoms with van der Waals surface area (Å²) in [7, 11) is 1.52. The van der Waals surface area contributed by atoms with Crippen LogP contribution in [0.1, 0.15) is 11.1 Å². The minimum atomic E-state index is -1.03. The third-order valence-corrected chi connectivity index (χ3v) is 2.21. The van der Waals surface area contributed by atoms with E-state index in [0.29, 0.717) is 11.3 Å². The molecule has 0 unspecified atom stereocenters. The topological polar surface area (TPSA) is 75.6 Å². The van der Waals surface area contributed by atoms with E-state index in [-0.39, 0.29) is 12.5 Å². The number of likely N-dealkylation sites (N-methyl/N-ethyl adjacent to an activating group) is 1. The number of amides is 1. The molecule has 0 radical (unpaired) electrons. The van der Waals surface area contributed by atoms with Crippen LogP contribution in [-0.4, -0.2) is 30.6 Å². The fraction of sp³-hybridized carbons (Fsp3) is 0.231. The molecule has 0 aromatic heterocycles. The van der Waals surface area contributed by atoms with E-state index in [9.17, 15) is 9.59 Å². The molecule has 0 fully saturated rings. The van der Waals surface area contributed by atoms with Crippen LogP contribution in [0.4, 0.5) is 0 Å². The number of carboxylic acid groups (broad SMARTS) is 1. The van der Waals surface area contributed by atoms with Crippen molar-refractivity contribution in [2.75, 3.05) is 13.7 Å². The van der Waals surface area contributed by atoms with Crippen LogP contribution in [0, 0.1) is 6.92 Å². The van der Waals surface area contributed by atoms with Crippen LogP contribution >= 0.6 is 0 Å². The van der Waals surface area contributed by atoms with Crippen molar-refractivity contribution in [1.82, 2.24) is 5.32 Å². The second kappa shape index (κ2) is 6.44. The third-order valence-electron chi connectivity index (χ3n) is 2.21.